The summed E-state index contributed by atoms with van der Waals surface area (Å²) in [7, 11) is 0. The molecule has 0 aliphatic rings. The molecule has 0 saturated heterocycles. The molecule has 0 heterocycles. The number of hydrogen-bond acceptors (Lipinski definition) is 1. The van der Waals surface area contributed by atoms with Crippen molar-refractivity contribution in [1.29, 1.82) is 0 Å². The average molecular weight is 209 g/mol. The van der Waals surface area contributed by atoms with E-state index < -0.39 is 0 Å². The first-order valence-corrected chi connectivity index (χ1v) is 6.00. The largest absolute Gasteiger partial charge is 0.382 e. The molecule has 0 aliphatic heterocycles. The van der Waals surface area contributed by atoms with Crippen LogP contribution in [0.2, 0.25) is 0 Å². The van der Waals surface area contributed by atoms with Gasteiger partial charge in [-0.1, -0.05) is 30.6 Å². The van der Waals surface area contributed by atoms with Gasteiger partial charge < -0.3 is 5.32 Å². The molecule has 1 atom stereocenters. The van der Waals surface area contributed by atoms with E-state index in [0.717, 1.165) is 12.8 Å². The van der Waals surface area contributed by atoms with E-state index in [2.05, 4.69) is 53.8 Å². The van der Waals surface area contributed by atoms with Crippen LogP contribution in [0.15, 0.2) is 22.4 Å². The lowest BCUT2D eigenvalue weighted by Crippen LogP contribution is -2.29. The SMILES string of the molecule is CC/C(C)=C(\C)C(CC)NC(C)=C(C)C. The van der Waals surface area contributed by atoms with Crippen LogP contribution in [0.25, 0.3) is 0 Å². The molecule has 0 aromatic carbocycles. The predicted octanol–water partition coefficient (Wildman–Crippen LogP) is 4.41. The van der Waals surface area contributed by atoms with Crippen molar-refractivity contribution in [3.63, 3.8) is 0 Å². The van der Waals surface area contributed by atoms with Crippen LogP contribution in [0.5, 0.6) is 0 Å². The van der Waals surface area contributed by atoms with Gasteiger partial charge in [-0.15, -0.1) is 0 Å². The third-order valence-electron chi connectivity index (χ3n) is 3.28. The van der Waals surface area contributed by atoms with Crippen LogP contribution in [-0.2, 0) is 0 Å². The topological polar surface area (TPSA) is 12.0 Å². The van der Waals surface area contributed by atoms with Crippen LogP contribution >= 0.6 is 0 Å². The normalized spacial score (nSPS) is 14.3. The second-order valence-electron chi connectivity index (χ2n) is 4.55. The zero-order valence-corrected chi connectivity index (χ0v) is 11.5. The van der Waals surface area contributed by atoms with Crippen molar-refractivity contribution in [3.8, 4) is 0 Å². The third-order valence-corrected chi connectivity index (χ3v) is 3.28. The Bertz CT molecular complexity index is 255. The van der Waals surface area contributed by atoms with Crippen molar-refractivity contribution in [2.75, 3.05) is 0 Å². The Balaban J connectivity index is 4.73. The Kier molecular flexibility index (Phi) is 6.38. The summed E-state index contributed by atoms with van der Waals surface area (Å²) in [6.07, 6.45) is 2.30. The first kappa shape index (κ1) is 14.3. The van der Waals surface area contributed by atoms with E-state index in [1.165, 1.54) is 22.4 Å². The van der Waals surface area contributed by atoms with Crippen molar-refractivity contribution in [3.05, 3.63) is 22.4 Å². The standard InChI is InChI=1S/C14H27N/c1-8-11(5)12(6)14(9-2)15-13(7)10(3)4/h14-15H,8-9H2,1-7H3/b12-11+. The molecule has 88 valence electrons. The summed E-state index contributed by atoms with van der Waals surface area (Å²) in [5.41, 5.74) is 5.69. The van der Waals surface area contributed by atoms with Gasteiger partial charge in [-0.05, 0) is 47.5 Å². The van der Waals surface area contributed by atoms with Gasteiger partial charge in [0.05, 0.1) is 0 Å². The van der Waals surface area contributed by atoms with Gasteiger partial charge in [0.25, 0.3) is 0 Å². The van der Waals surface area contributed by atoms with E-state index >= 15 is 0 Å². The second-order valence-corrected chi connectivity index (χ2v) is 4.55. The first-order chi connectivity index (χ1) is 6.93. The van der Waals surface area contributed by atoms with Gasteiger partial charge in [0, 0.05) is 11.7 Å². The fraction of sp³-hybridized carbons (Fsp3) is 0.714. The van der Waals surface area contributed by atoms with E-state index in [4.69, 9.17) is 0 Å². The quantitative estimate of drug-likeness (QED) is 0.661. The summed E-state index contributed by atoms with van der Waals surface area (Å²) in [6.45, 7) is 15.4. The summed E-state index contributed by atoms with van der Waals surface area (Å²) < 4.78 is 0. The molecular formula is C14H27N. The average Bonchev–Trinajstić information content (AvgIpc) is 2.23. The maximum atomic E-state index is 3.60. The van der Waals surface area contributed by atoms with Crippen LogP contribution in [0, 0.1) is 0 Å². The number of allylic oxidation sites excluding steroid dienone is 3. The maximum Gasteiger partial charge on any atom is 0.0467 e. The van der Waals surface area contributed by atoms with Gasteiger partial charge >= 0.3 is 0 Å². The lowest BCUT2D eigenvalue weighted by molar-refractivity contribution is 0.607. The molecule has 0 saturated carbocycles. The van der Waals surface area contributed by atoms with Gasteiger partial charge in [0.2, 0.25) is 0 Å². The molecule has 15 heavy (non-hydrogen) atoms. The van der Waals surface area contributed by atoms with Crippen LogP contribution in [-0.4, -0.2) is 6.04 Å². The summed E-state index contributed by atoms with van der Waals surface area (Å²) in [5, 5.41) is 3.60. The Morgan fingerprint density at radius 3 is 1.87 bits per heavy atom. The molecular weight excluding hydrogens is 182 g/mol. The zero-order chi connectivity index (χ0) is 12.0. The summed E-state index contributed by atoms with van der Waals surface area (Å²) in [6, 6.07) is 0.500. The van der Waals surface area contributed by atoms with Crippen LogP contribution in [0.4, 0.5) is 0 Å². The highest BCUT2D eigenvalue weighted by atomic mass is 14.9. The highest BCUT2D eigenvalue weighted by Gasteiger charge is 2.10. The monoisotopic (exact) mass is 209 g/mol. The van der Waals surface area contributed by atoms with Crippen LogP contribution in [0.1, 0.15) is 61.3 Å². The van der Waals surface area contributed by atoms with Gasteiger partial charge in [-0.2, -0.15) is 0 Å². The Morgan fingerprint density at radius 1 is 1.00 bits per heavy atom. The van der Waals surface area contributed by atoms with Crippen molar-refractivity contribution in [2.24, 2.45) is 0 Å². The Morgan fingerprint density at radius 2 is 1.53 bits per heavy atom. The van der Waals surface area contributed by atoms with Crippen molar-refractivity contribution < 1.29 is 0 Å². The highest BCUT2D eigenvalue weighted by Crippen LogP contribution is 2.15. The van der Waals surface area contributed by atoms with E-state index in [9.17, 15) is 0 Å². The Hall–Kier alpha value is -0.720. The first-order valence-electron chi connectivity index (χ1n) is 6.00. The minimum Gasteiger partial charge on any atom is -0.382 e. The molecule has 1 N–H and O–H groups in total. The minimum absolute atomic E-state index is 0.500. The molecule has 0 aliphatic carbocycles. The molecule has 1 nitrogen and oxygen atoms in total. The molecule has 0 fully saturated rings. The van der Waals surface area contributed by atoms with Crippen molar-refractivity contribution in [1.82, 2.24) is 5.32 Å². The minimum atomic E-state index is 0.500. The van der Waals surface area contributed by atoms with Gasteiger partial charge in [0.15, 0.2) is 0 Å². The summed E-state index contributed by atoms with van der Waals surface area (Å²) >= 11 is 0. The fourth-order valence-electron chi connectivity index (χ4n) is 1.50. The summed E-state index contributed by atoms with van der Waals surface area (Å²) in [4.78, 5) is 0. The predicted molar refractivity (Wildman–Crippen MR) is 69.9 cm³/mol. The third kappa shape index (κ3) is 4.55. The second kappa shape index (κ2) is 6.71. The molecule has 0 spiro atoms. The number of rotatable bonds is 5. The molecule has 0 rings (SSSR count). The zero-order valence-electron chi connectivity index (χ0n) is 11.5. The number of hydrogen-bond donors (Lipinski definition) is 1. The Labute approximate surface area is 95.7 Å². The van der Waals surface area contributed by atoms with Crippen LogP contribution < -0.4 is 5.32 Å². The van der Waals surface area contributed by atoms with Crippen LogP contribution in [0.3, 0.4) is 0 Å². The lowest BCUT2D eigenvalue weighted by Gasteiger charge is -2.22. The molecule has 0 aromatic heterocycles. The van der Waals surface area contributed by atoms with Gasteiger partial charge in [-0.25, -0.2) is 0 Å². The highest BCUT2D eigenvalue weighted by molar-refractivity contribution is 5.19. The summed E-state index contributed by atoms with van der Waals surface area (Å²) in [5.74, 6) is 0. The van der Waals surface area contributed by atoms with Gasteiger partial charge in [0.1, 0.15) is 0 Å². The molecule has 0 radical (unpaired) electrons. The fourth-order valence-corrected chi connectivity index (χ4v) is 1.50. The maximum absolute atomic E-state index is 3.60. The van der Waals surface area contributed by atoms with Gasteiger partial charge in [-0.3, -0.25) is 0 Å². The van der Waals surface area contributed by atoms with E-state index in [0.29, 0.717) is 6.04 Å². The van der Waals surface area contributed by atoms with E-state index in [-0.39, 0.29) is 0 Å². The molecule has 1 heteroatoms. The smallest absolute Gasteiger partial charge is 0.0467 e. The lowest BCUT2D eigenvalue weighted by atomic mass is 9.99. The molecule has 0 amide bonds. The molecule has 1 unspecified atom stereocenters. The van der Waals surface area contributed by atoms with Crippen molar-refractivity contribution in [2.45, 2.75) is 67.3 Å². The van der Waals surface area contributed by atoms with E-state index in [1.54, 1.807) is 0 Å². The van der Waals surface area contributed by atoms with Crippen molar-refractivity contribution >= 4 is 0 Å². The molecule has 0 bridgehead atoms. The van der Waals surface area contributed by atoms with E-state index in [1.807, 2.05) is 0 Å². The number of nitrogens with one attached hydrogen (secondary N) is 1. The molecule has 0 aromatic rings.